The lowest BCUT2D eigenvalue weighted by Crippen LogP contribution is -2.35. The van der Waals surface area contributed by atoms with Crippen molar-refractivity contribution in [2.24, 2.45) is 0 Å². The molecule has 1 aromatic heterocycles. The van der Waals surface area contributed by atoms with Gasteiger partial charge in [0, 0.05) is 22.7 Å². The second-order valence-electron chi connectivity index (χ2n) is 5.86. The summed E-state index contributed by atoms with van der Waals surface area (Å²) in [6.07, 6.45) is 0. The fraction of sp³-hybridized carbons (Fsp3) is 0.429. The lowest BCUT2D eigenvalue weighted by molar-refractivity contribution is -0.385. The highest BCUT2D eigenvalue weighted by atomic mass is 16.6. The SMILES string of the molecule is Cc1cc(-c2nnc(CNC(C)(C)C)o2)ccc1[N+](=O)[O-]. The van der Waals surface area contributed by atoms with Gasteiger partial charge in [0.15, 0.2) is 0 Å². The van der Waals surface area contributed by atoms with Crippen LogP contribution in [0.4, 0.5) is 5.69 Å². The fourth-order valence-electron chi connectivity index (χ4n) is 1.78. The highest BCUT2D eigenvalue weighted by Gasteiger charge is 2.15. The summed E-state index contributed by atoms with van der Waals surface area (Å²) < 4.78 is 5.57. The Morgan fingerprint density at radius 3 is 2.62 bits per heavy atom. The van der Waals surface area contributed by atoms with E-state index >= 15 is 0 Å². The zero-order valence-electron chi connectivity index (χ0n) is 12.5. The first kappa shape index (κ1) is 15.1. The maximum atomic E-state index is 10.8. The first-order valence-corrected chi connectivity index (χ1v) is 6.59. The molecule has 7 nitrogen and oxygen atoms in total. The molecule has 0 amide bonds. The smallest absolute Gasteiger partial charge is 0.272 e. The Morgan fingerprint density at radius 2 is 2.05 bits per heavy atom. The number of nitro groups is 1. The Hall–Kier alpha value is -2.28. The van der Waals surface area contributed by atoms with Crippen molar-refractivity contribution >= 4 is 5.69 Å². The minimum Gasteiger partial charge on any atom is -0.419 e. The molecule has 0 aliphatic carbocycles. The van der Waals surface area contributed by atoms with E-state index in [0.717, 1.165) is 0 Å². The Kier molecular flexibility index (Phi) is 4.04. The van der Waals surface area contributed by atoms with Crippen molar-refractivity contribution in [1.29, 1.82) is 0 Å². The van der Waals surface area contributed by atoms with E-state index in [4.69, 9.17) is 4.42 Å². The molecule has 0 saturated carbocycles. The summed E-state index contributed by atoms with van der Waals surface area (Å²) in [7, 11) is 0. The Bertz CT molecular complexity index is 658. The summed E-state index contributed by atoms with van der Waals surface area (Å²) >= 11 is 0. The van der Waals surface area contributed by atoms with Crippen LogP contribution in [0.2, 0.25) is 0 Å². The van der Waals surface area contributed by atoms with Crippen molar-refractivity contribution in [3.63, 3.8) is 0 Å². The Labute approximate surface area is 122 Å². The van der Waals surface area contributed by atoms with Crippen LogP contribution in [-0.4, -0.2) is 20.7 Å². The number of nitrogens with zero attached hydrogens (tertiary/aromatic N) is 3. The predicted molar refractivity (Wildman–Crippen MR) is 77.7 cm³/mol. The zero-order valence-corrected chi connectivity index (χ0v) is 12.5. The maximum Gasteiger partial charge on any atom is 0.272 e. The molecule has 1 heterocycles. The van der Waals surface area contributed by atoms with E-state index in [0.29, 0.717) is 29.5 Å². The van der Waals surface area contributed by atoms with Crippen LogP contribution in [0.15, 0.2) is 22.6 Å². The molecule has 1 N–H and O–H groups in total. The minimum atomic E-state index is -0.411. The van der Waals surface area contributed by atoms with Crippen LogP contribution in [0.3, 0.4) is 0 Å². The standard InChI is InChI=1S/C14H18N4O3/c1-9-7-10(5-6-11(9)18(19)20)13-17-16-12(21-13)8-15-14(2,3)4/h5-7,15H,8H2,1-4H3. The zero-order chi connectivity index (χ0) is 15.6. The fourth-order valence-corrected chi connectivity index (χ4v) is 1.78. The molecule has 0 aliphatic rings. The summed E-state index contributed by atoms with van der Waals surface area (Å²) in [5.41, 5.74) is 1.27. The van der Waals surface area contributed by atoms with Crippen molar-refractivity contribution in [2.45, 2.75) is 39.8 Å². The van der Waals surface area contributed by atoms with Crippen LogP contribution < -0.4 is 5.32 Å². The van der Waals surface area contributed by atoms with Gasteiger partial charge in [-0.15, -0.1) is 10.2 Å². The maximum absolute atomic E-state index is 10.8. The monoisotopic (exact) mass is 290 g/mol. The molecule has 21 heavy (non-hydrogen) atoms. The summed E-state index contributed by atoms with van der Waals surface area (Å²) in [5, 5.41) is 22.0. The molecule has 0 unspecified atom stereocenters. The number of benzene rings is 1. The largest absolute Gasteiger partial charge is 0.419 e. The van der Waals surface area contributed by atoms with Gasteiger partial charge in [0.25, 0.3) is 5.69 Å². The molecule has 0 bridgehead atoms. The van der Waals surface area contributed by atoms with Crippen molar-refractivity contribution in [2.75, 3.05) is 0 Å². The molecular formula is C14H18N4O3. The molecule has 2 rings (SSSR count). The minimum absolute atomic E-state index is 0.0431. The van der Waals surface area contributed by atoms with Gasteiger partial charge in [-0.1, -0.05) is 0 Å². The van der Waals surface area contributed by atoms with Crippen molar-refractivity contribution in [3.8, 4) is 11.5 Å². The van der Waals surface area contributed by atoms with Crippen molar-refractivity contribution < 1.29 is 9.34 Å². The molecule has 0 fully saturated rings. The third-order valence-corrected chi connectivity index (χ3v) is 2.88. The van der Waals surface area contributed by atoms with E-state index in [-0.39, 0.29) is 11.2 Å². The number of aromatic nitrogens is 2. The third-order valence-electron chi connectivity index (χ3n) is 2.88. The normalized spacial score (nSPS) is 11.6. The van der Waals surface area contributed by atoms with Crippen LogP contribution in [-0.2, 0) is 6.54 Å². The number of aryl methyl sites for hydroxylation is 1. The number of hydrogen-bond donors (Lipinski definition) is 1. The van der Waals surface area contributed by atoms with Gasteiger partial charge in [-0.3, -0.25) is 10.1 Å². The second kappa shape index (κ2) is 5.61. The first-order chi connectivity index (χ1) is 9.76. The topological polar surface area (TPSA) is 94.1 Å². The summed E-state index contributed by atoms with van der Waals surface area (Å²) in [6.45, 7) is 8.29. The van der Waals surface area contributed by atoms with Crippen LogP contribution >= 0.6 is 0 Å². The summed E-state index contributed by atoms with van der Waals surface area (Å²) in [6, 6.07) is 4.73. The van der Waals surface area contributed by atoms with Gasteiger partial charge < -0.3 is 9.73 Å². The van der Waals surface area contributed by atoms with Gasteiger partial charge in [0.1, 0.15) is 0 Å². The van der Waals surface area contributed by atoms with E-state index in [2.05, 4.69) is 15.5 Å². The lowest BCUT2D eigenvalue weighted by Gasteiger charge is -2.18. The van der Waals surface area contributed by atoms with Gasteiger partial charge in [-0.25, -0.2) is 0 Å². The van der Waals surface area contributed by atoms with Crippen molar-refractivity contribution in [3.05, 3.63) is 39.8 Å². The average molecular weight is 290 g/mol. The number of nitrogens with one attached hydrogen (secondary N) is 1. The quantitative estimate of drug-likeness (QED) is 0.687. The molecule has 7 heteroatoms. The van der Waals surface area contributed by atoms with Gasteiger partial charge in [0.05, 0.1) is 11.5 Å². The van der Waals surface area contributed by atoms with Crippen LogP contribution in [0.5, 0.6) is 0 Å². The number of rotatable bonds is 4. The lowest BCUT2D eigenvalue weighted by atomic mass is 10.1. The predicted octanol–water partition coefficient (Wildman–Crippen LogP) is 2.84. The molecule has 0 radical (unpaired) electrons. The Balaban J connectivity index is 2.18. The average Bonchev–Trinajstić information content (AvgIpc) is 2.83. The van der Waals surface area contributed by atoms with Gasteiger partial charge in [0.2, 0.25) is 11.8 Å². The Morgan fingerprint density at radius 1 is 1.33 bits per heavy atom. The van der Waals surface area contributed by atoms with Gasteiger partial charge in [-0.05, 0) is 39.8 Å². The summed E-state index contributed by atoms with van der Waals surface area (Å²) in [5.74, 6) is 0.842. The summed E-state index contributed by atoms with van der Waals surface area (Å²) in [4.78, 5) is 10.4. The van der Waals surface area contributed by atoms with Gasteiger partial charge >= 0.3 is 0 Å². The highest BCUT2D eigenvalue weighted by Crippen LogP contribution is 2.25. The molecule has 112 valence electrons. The molecule has 0 atom stereocenters. The second-order valence-corrected chi connectivity index (χ2v) is 5.86. The molecule has 1 aromatic carbocycles. The van der Waals surface area contributed by atoms with E-state index in [1.807, 2.05) is 20.8 Å². The van der Waals surface area contributed by atoms with Crippen molar-refractivity contribution in [1.82, 2.24) is 15.5 Å². The third kappa shape index (κ3) is 3.85. The molecule has 0 aliphatic heterocycles. The van der Waals surface area contributed by atoms with Crippen LogP contribution in [0, 0.1) is 17.0 Å². The van der Waals surface area contributed by atoms with E-state index in [9.17, 15) is 10.1 Å². The molecule has 0 saturated heterocycles. The first-order valence-electron chi connectivity index (χ1n) is 6.59. The van der Waals surface area contributed by atoms with Crippen LogP contribution in [0.25, 0.3) is 11.5 Å². The van der Waals surface area contributed by atoms with E-state index in [1.54, 1.807) is 19.1 Å². The molecular weight excluding hydrogens is 272 g/mol. The molecule has 0 spiro atoms. The van der Waals surface area contributed by atoms with Gasteiger partial charge in [-0.2, -0.15) is 0 Å². The van der Waals surface area contributed by atoms with E-state index in [1.165, 1.54) is 6.07 Å². The van der Waals surface area contributed by atoms with E-state index < -0.39 is 4.92 Å². The molecule has 2 aromatic rings. The highest BCUT2D eigenvalue weighted by molar-refractivity contribution is 5.58. The number of nitro benzene ring substituents is 1. The number of hydrogen-bond acceptors (Lipinski definition) is 6. The van der Waals surface area contributed by atoms with Crippen LogP contribution in [0.1, 0.15) is 32.2 Å².